The van der Waals surface area contributed by atoms with Crippen LogP contribution in [0.3, 0.4) is 0 Å². The van der Waals surface area contributed by atoms with Crippen molar-refractivity contribution in [1.82, 2.24) is 19.4 Å². The number of benzene rings is 1. The van der Waals surface area contributed by atoms with Gasteiger partial charge in [-0.05, 0) is 18.6 Å². The van der Waals surface area contributed by atoms with Crippen molar-refractivity contribution in [1.29, 1.82) is 0 Å². The Bertz CT molecular complexity index is 797. The van der Waals surface area contributed by atoms with E-state index in [1.54, 1.807) is 0 Å². The molecular formula is C21H32N4O2. The van der Waals surface area contributed by atoms with Crippen molar-refractivity contribution in [2.75, 3.05) is 45.9 Å². The zero-order valence-electron chi connectivity index (χ0n) is 16.8. The molecule has 2 aromatic rings. The van der Waals surface area contributed by atoms with Crippen LogP contribution in [0.1, 0.15) is 26.1 Å². The number of ether oxygens (including phenoxy) is 1. The summed E-state index contributed by atoms with van der Waals surface area (Å²) in [5, 5.41) is 11.5. The van der Waals surface area contributed by atoms with E-state index in [1.807, 2.05) is 6.07 Å². The van der Waals surface area contributed by atoms with Gasteiger partial charge in [-0.25, -0.2) is 4.98 Å². The van der Waals surface area contributed by atoms with Crippen LogP contribution in [0.25, 0.3) is 11.0 Å². The number of nitrogens with zero attached hydrogens (tertiary/aromatic N) is 4. The maximum Gasteiger partial charge on any atom is 0.123 e. The predicted octanol–water partition coefficient (Wildman–Crippen LogP) is 1.87. The molecule has 0 bridgehead atoms. The zero-order valence-corrected chi connectivity index (χ0v) is 16.8. The zero-order chi connectivity index (χ0) is 19.1. The second-order valence-corrected chi connectivity index (χ2v) is 8.84. The van der Waals surface area contributed by atoms with Crippen LogP contribution in [0.5, 0.6) is 0 Å². The van der Waals surface area contributed by atoms with Gasteiger partial charge in [0.05, 0.1) is 36.4 Å². The summed E-state index contributed by atoms with van der Waals surface area (Å²) in [4.78, 5) is 9.61. The van der Waals surface area contributed by atoms with Crippen LogP contribution in [0, 0.1) is 5.41 Å². The molecule has 0 aliphatic carbocycles. The Balaban J connectivity index is 1.45. The average Bonchev–Trinajstić information content (AvgIpc) is 2.95. The van der Waals surface area contributed by atoms with Crippen LogP contribution in [0.2, 0.25) is 0 Å². The van der Waals surface area contributed by atoms with Crippen molar-refractivity contribution in [3.63, 3.8) is 0 Å². The smallest absolute Gasteiger partial charge is 0.123 e. The maximum absolute atomic E-state index is 11.5. The molecule has 148 valence electrons. The Morgan fingerprint density at radius 2 is 1.85 bits per heavy atom. The van der Waals surface area contributed by atoms with E-state index >= 15 is 0 Å². The lowest BCUT2D eigenvalue weighted by molar-refractivity contribution is -0.141. The third-order valence-corrected chi connectivity index (χ3v) is 6.55. The van der Waals surface area contributed by atoms with Gasteiger partial charge in [-0.15, -0.1) is 0 Å². The number of para-hydroxylation sites is 2. The highest BCUT2D eigenvalue weighted by Crippen LogP contribution is 2.39. The summed E-state index contributed by atoms with van der Waals surface area (Å²) in [7, 11) is 2.09. The van der Waals surface area contributed by atoms with E-state index in [1.165, 1.54) is 5.52 Å². The molecule has 0 saturated carbocycles. The summed E-state index contributed by atoms with van der Waals surface area (Å²) in [5.41, 5.74) is 1.39. The minimum Gasteiger partial charge on any atom is -0.388 e. The number of likely N-dealkylation sites (tertiary alicyclic amines) is 1. The van der Waals surface area contributed by atoms with E-state index in [4.69, 9.17) is 9.72 Å². The molecule has 1 aromatic heterocycles. The number of imidazole rings is 1. The Morgan fingerprint density at radius 1 is 1.11 bits per heavy atom. The lowest BCUT2D eigenvalue weighted by Crippen LogP contribution is -2.62. The largest absolute Gasteiger partial charge is 0.388 e. The second kappa shape index (κ2) is 7.17. The number of aryl methyl sites for hydroxylation is 1. The number of β-amino-alcohol motifs (C(OH)–C–C–N with tert-alkyl or cyclic N) is 1. The molecular weight excluding hydrogens is 340 g/mol. The number of hydrogen-bond donors (Lipinski definition) is 1. The molecule has 1 N–H and O–H groups in total. The van der Waals surface area contributed by atoms with Gasteiger partial charge in [0.1, 0.15) is 5.82 Å². The molecule has 3 heterocycles. The topological polar surface area (TPSA) is 53.8 Å². The van der Waals surface area contributed by atoms with Gasteiger partial charge < -0.3 is 14.4 Å². The van der Waals surface area contributed by atoms with E-state index in [0.717, 1.165) is 70.2 Å². The van der Waals surface area contributed by atoms with Crippen LogP contribution in [-0.2, 0) is 18.3 Å². The molecule has 1 unspecified atom stereocenters. The molecule has 0 amide bonds. The van der Waals surface area contributed by atoms with Gasteiger partial charge in [-0.2, -0.15) is 0 Å². The molecule has 2 fully saturated rings. The maximum atomic E-state index is 11.5. The molecule has 4 rings (SSSR count). The Kier molecular flexibility index (Phi) is 5.01. The fourth-order valence-electron chi connectivity index (χ4n) is 4.56. The molecule has 1 atom stereocenters. The van der Waals surface area contributed by atoms with Gasteiger partial charge in [-0.3, -0.25) is 9.80 Å². The van der Waals surface area contributed by atoms with Crippen LogP contribution < -0.4 is 0 Å². The summed E-state index contributed by atoms with van der Waals surface area (Å²) < 4.78 is 7.64. The first kappa shape index (κ1) is 18.9. The van der Waals surface area contributed by atoms with Crippen LogP contribution in [-0.4, -0.2) is 76.0 Å². The molecule has 2 aliphatic heterocycles. The normalized spacial score (nSPS) is 27.3. The quantitative estimate of drug-likeness (QED) is 0.888. The van der Waals surface area contributed by atoms with E-state index in [-0.39, 0.29) is 5.41 Å². The van der Waals surface area contributed by atoms with Gasteiger partial charge in [-0.1, -0.05) is 26.0 Å². The molecule has 6 heteroatoms. The van der Waals surface area contributed by atoms with Gasteiger partial charge in [0.15, 0.2) is 0 Å². The summed E-state index contributed by atoms with van der Waals surface area (Å²) in [6.45, 7) is 11.1. The molecule has 27 heavy (non-hydrogen) atoms. The highest BCUT2D eigenvalue weighted by molar-refractivity contribution is 5.75. The number of fused-ring (bicyclic) bond motifs is 1. The van der Waals surface area contributed by atoms with Crippen molar-refractivity contribution in [2.24, 2.45) is 12.5 Å². The third kappa shape index (κ3) is 3.63. The third-order valence-electron chi connectivity index (χ3n) is 6.55. The first-order valence-corrected chi connectivity index (χ1v) is 10.0. The van der Waals surface area contributed by atoms with Crippen molar-refractivity contribution >= 4 is 11.0 Å². The number of hydrogen-bond acceptors (Lipinski definition) is 5. The molecule has 0 radical (unpaired) electrons. The number of aromatic nitrogens is 2. The van der Waals surface area contributed by atoms with Gasteiger partial charge in [0.25, 0.3) is 0 Å². The molecule has 2 saturated heterocycles. The van der Waals surface area contributed by atoms with E-state index in [9.17, 15) is 5.11 Å². The Hall–Kier alpha value is -1.47. The first-order valence-electron chi connectivity index (χ1n) is 10.0. The van der Waals surface area contributed by atoms with Crippen molar-refractivity contribution in [2.45, 2.75) is 32.4 Å². The monoisotopic (exact) mass is 372 g/mol. The SMILES string of the molecule is Cn1c(CN2CCC(O)(CN3CCOCC3)C(C)(C)C2)nc2ccccc21. The van der Waals surface area contributed by atoms with Gasteiger partial charge >= 0.3 is 0 Å². The number of piperidine rings is 1. The fourth-order valence-corrected chi connectivity index (χ4v) is 4.56. The van der Waals surface area contributed by atoms with Crippen molar-refractivity contribution in [3.8, 4) is 0 Å². The van der Waals surface area contributed by atoms with E-state index < -0.39 is 5.60 Å². The molecule has 0 spiro atoms. The van der Waals surface area contributed by atoms with E-state index in [2.05, 4.69) is 53.5 Å². The summed E-state index contributed by atoms with van der Waals surface area (Å²) in [5.74, 6) is 1.09. The average molecular weight is 373 g/mol. The number of morpholine rings is 1. The highest BCUT2D eigenvalue weighted by Gasteiger charge is 2.48. The van der Waals surface area contributed by atoms with Crippen LogP contribution >= 0.6 is 0 Å². The standard InChI is InChI=1S/C21H32N4O2/c1-20(2)15-25(9-8-21(20,26)16-24-10-12-27-13-11-24)14-19-22-17-6-4-5-7-18(17)23(19)3/h4-7,26H,8-16H2,1-3H3. The number of rotatable bonds is 4. The van der Waals surface area contributed by atoms with Gasteiger partial charge in [0.2, 0.25) is 0 Å². The van der Waals surface area contributed by atoms with Crippen molar-refractivity contribution in [3.05, 3.63) is 30.1 Å². The molecule has 1 aromatic carbocycles. The van der Waals surface area contributed by atoms with Crippen LogP contribution in [0.15, 0.2) is 24.3 Å². The first-order chi connectivity index (χ1) is 12.9. The Labute approximate surface area is 161 Å². The fraction of sp³-hybridized carbons (Fsp3) is 0.667. The van der Waals surface area contributed by atoms with Crippen molar-refractivity contribution < 1.29 is 9.84 Å². The second-order valence-electron chi connectivity index (χ2n) is 8.84. The number of aliphatic hydroxyl groups is 1. The lowest BCUT2D eigenvalue weighted by atomic mass is 9.69. The molecule has 2 aliphatic rings. The Morgan fingerprint density at radius 3 is 2.56 bits per heavy atom. The van der Waals surface area contributed by atoms with Crippen LogP contribution in [0.4, 0.5) is 0 Å². The van der Waals surface area contributed by atoms with E-state index in [0.29, 0.717) is 0 Å². The predicted molar refractivity (Wildman–Crippen MR) is 107 cm³/mol. The summed E-state index contributed by atoms with van der Waals surface area (Å²) in [6.07, 6.45) is 0.793. The van der Waals surface area contributed by atoms with Gasteiger partial charge in [0, 0.05) is 45.2 Å². The molecule has 6 nitrogen and oxygen atoms in total. The minimum absolute atomic E-state index is 0.172. The highest BCUT2D eigenvalue weighted by atomic mass is 16.5. The summed E-state index contributed by atoms with van der Waals surface area (Å²) in [6, 6.07) is 8.28. The minimum atomic E-state index is -0.660. The summed E-state index contributed by atoms with van der Waals surface area (Å²) >= 11 is 0. The lowest BCUT2D eigenvalue weighted by Gasteiger charge is -2.52.